The van der Waals surface area contributed by atoms with Crippen LogP contribution in [0.3, 0.4) is 0 Å². The molecule has 0 spiro atoms. The number of hydrogen-bond donors (Lipinski definition) is 0. The molecule has 0 saturated carbocycles. The predicted octanol–water partition coefficient (Wildman–Crippen LogP) is -1.39. The number of aryl methyl sites for hydroxylation is 1. The Morgan fingerprint density at radius 2 is 2.25 bits per heavy atom. The van der Waals surface area contributed by atoms with Crippen molar-refractivity contribution in [2.75, 3.05) is 0 Å². The highest BCUT2D eigenvalue weighted by molar-refractivity contribution is 5.70. The monoisotopic (exact) mass is 176 g/mol. The zero-order valence-electron chi connectivity index (χ0n) is 6.20. The Labute approximate surface area is 66.6 Å². The quantitative estimate of drug-likeness (QED) is 0.521. The minimum absolute atomic E-state index is 0.266. The van der Waals surface area contributed by atoms with E-state index in [1.807, 2.05) is 0 Å². The van der Waals surface area contributed by atoms with E-state index in [2.05, 4.69) is 0 Å². The van der Waals surface area contributed by atoms with E-state index in [1.165, 1.54) is 19.3 Å². The number of carboxylic acid groups (broad SMARTS) is 1. The number of halogens is 2. The van der Waals surface area contributed by atoms with Gasteiger partial charge in [-0.25, -0.2) is 0 Å². The van der Waals surface area contributed by atoms with E-state index in [-0.39, 0.29) is 4.68 Å². The van der Waals surface area contributed by atoms with Gasteiger partial charge in [-0.2, -0.15) is 8.78 Å². The van der Waals surface area contributed by atoms with Crippen LogP contribution < -0.4 is 9.79 Å². The summed E-state index contributed by atoms with van der Waals surface area (Å²) in [6, 6.07) is -2.70. The molecule has 0 aliphatic heterocycles. The van der Waals surface area contributed by atoms with E-state index < -0.39 is 12.0 Å². The molecular weight excluding hydrogens is 170 g/mol. The van der Waals surface area contributed by atoms with Crippen LogP contribution in [0, 0.1) is 0 Å². The van der Waals surface area contributed by atoms with Gasteiger partial charge in [0, 0.05) is 6.07 Å². The zero-order valence-corrected chi connectivity index (χ0v) is 6.20. The van der Waals surface area contributed by atoms with Crippen molar-refractivity contribution in [2.45, 2.75) is 6.05 Å². The molecule has 0 aromatic carbocycles. The third kappa shape index (κ3) is 1.15. The molecule has 0 aliphatic carbocycles. The van der Waals surface area contributed by atoms with E-state index in [4.69, 9.17) is 0 Å². The van der Waals surface area contributed by atoms with Crippen LogP contribution in [-0.4, -0.2) is 10.7 Å². The van der Waals surface area contributed by atoms with Crippen LogP contribution in [0.2, 0.25) is 0 Å². The number of alkyl halides is 2. The van der Waals surface area contributed by atoms with Gasteiger partial charge in [0.05, 0.1) is 6.20 Å². The van der Waals surface area contributed by atoms with Crippen molar-refractivity contribution in [2.24, 2.45) is 7.05 Å². The summed E-state index contributed by atoms with van der Waals surface area (Å²) in [5.74, 6) is -2.42. The van der Waals surface area contributed by atoms with E-state index in [0.29, 0.717) is 0 Å². The predicted molar refractivity (Wildman–Crippen MR) is 30.8 cm³/mol. The molecule has 1 heterocycles. The van der Waals surface area contributed by atoms with Gasteiger partial charge in [-0.1, -0.05) is 4.68 Å². The molecule has 0 aliphatic rings. The zero-order chi connectivity index (χ0) is 9.35. The summed E-state index contributed by atoms with van der Waals surface area (Å²) in [5.41, 5.74) is 0. The van der Waals surface area contributed by atoms with Crippen LogP contribution in [0.15, 0.2) is 18.5 Å². The maximum Gasteiger partial charge on any atom is 0.413 e. The summed E-state index contributed by atoms with van der Waals surface area (Å²) < 4.78 is 26.5. The average Bonchev–Trinajstić information content (AvgIpc) is 2.35. The van der Waals surface area contributed by atoms with Crippen molar-refractivity contribution >= 4 is 5.97 Å². The van der Waals surface area contributed by atoms with Crippen molar-refractivity contribution in [3.63, 3.8) is 0 Å². The summed E-state index contributed by atoms with van der Waals surface area (Å²) in [5, 5.41) is 9.98. The second kappa shape index (κ2) is 2.54. The smallest absolute Gasteiger partial charge is 0.413 e. The van der Waals surface area contributed by atoms with E-state index in [1.54, 1.807) is 0 Å². The van der Waals surface area contributed by atoms with Gasteiger partial charge >= 0.3 is 6.05 Å². The molecule has 0 atom stereocenters. The highest BCUT2D eigenvalue weighted by atomic mass is 19.3. The Balaban J connectivity index is 3.13. The lowest BCUT2D eigenvalue weighted by atomic mass is 10.5. The molecule has 1 aromatic heterocycles. The Morgan fingerprint density at radius 3 is 2.58 bits per heavy atom. The van der Waals surface area contributed by atoms with Crippen LogP contribution in [0.5, 0.6) is 0 Å². The molecule has 0 saturated heterocycles. The van der Waals surface area contributed by atoms with Crippen LogP contribution in [-0.2, 0) is 17.9 Å². The van der Waals surface area contributed by atoms with Crippen LogP contribution in [0.4, 0.5) is 8.78 Å². The normalized spacial score (nSPS) is 11.6. The average molecular weight is 176 g/mol. The summed E-state index contributed by atoms with van der Waals surface area (Å²) >= 11 is 0. The minimum Gasteiger partial charge on any atom is -0.542 e. The third-order valence-electron chi connectivity index (χ3n) is 1.40. The summed E-state index contributed by atoms with van der Waals surface area (Å²) in [7, 11) is 1.30. The van der Waals surface area contributed by atoms with E-state index >= 15 is 0 Å². The molecule has 1 aromatic rings. The van der Waals surface area contributed by atoms with Crippen LogP contribution >= 0.6 is 0 Å². The molecule has 0 fully saturated rings. The molecule has 0 N–H and O–H groups in total. The minimum atomic E-state index is -4.00. The van der Waals surface area contributed by atoms with Crippen molar-refractivity contribution < 1.29 is 23.4 Å². The first-order chi connectivity index (χ1) is 5.46. The van der Waals surface area contributed by atoms with Crippen molar-refractivity contribution in [1.82, 2.24) is 4.68 Å². The van der Waals surface area contributed by atoms with Gasteiger partial charge in [-0.05, 0) is 0 Å². The number of aromatic nitrogens is 2. The van der Waals surface area contributed by atoms with Gasteiger partial charge in [0.2, 0.25) is 0 Å². The van der Waals surface area contributed by atoms with Crippen molar-refractivity contribution in [3.8, 4) is 0 Å². The standard InChI is InChI=1S/C6H6F2N2O2/c1-9-3-2-4-10(9)6(7,8)5(11)12/h2-4H,1H3. The number of aliphatic carboxylic acids is 1. The van der Waals surface area contributed by atoms with Gasteiger partial charge in [0.1, 0.15) is 5.97 Å². The lowest BCUT2D eigenvalue weighted by Gasteiger charge is -2.14. The molecule has 0 amide bonds. The fraction of sp³-hybridized carbons (Fsp3) is 0.333. The molecule has 6 heteroatoms. The molecule has 0 bridgehead atoms. The fourth-order valence-electron chi connectivity index (χ4n) is 0.807. The molecular formula is C6H6F2N2O2. The Morgan fingerprint density at radius 1 is 1.67 bits per heavy atom. The first-order valence-electron chi connectivity index (χ1n) is 3.09. The molecule has 66 valence electrons. The Bertz CT molecular complexity index is 308. The van der Waals surface area contributed by atoms with Crippen molar-refractivity contribution in [3.05, 3.63) is 18.5 Å². The third-order valence-corrected chi connectivity index (χ3v) is 1.40. The largest absolute Gasteiger partial charge is 0.542 e. The van der Waals surface area contributed by atoms with Crippen LogP contribution in [0.25, 0.3) is 0 Å². The number of nitrogens with zero attached hydrogens (tertiary/aromatic N) is 2. The number of hydrogen-bond acceptors (Lipinski definition) is 2. The second-order valence-electron chi connectivity index (χ2n) is 2.24. The molecule has 0 unspecified atom stereocenters. The number of carbonyl (C=O) groups excluding carboxylic acids is 1. The lowest BCUT2D eigenvalue weighted by molar-refractivity contribution is -0.767. The number of rotatable bonds is 2. The second-order valence-corrected chi connectivity index (χ2v) is 2.24. The van der Waals surface area contributed by atoms with Gasteiger partial charge in [0.15, 0.2) is 13.2 Å². The molecule has 0 radical (unpaired) electrons. The van der Waals surface area contributed by atoms with Gasteiger partial charge in [-0.15, -0.1) is 4.68 Å². The highest BCUT2D eigenvalue weighted by Gasteiger charge is 2.38. The maximum absolute atomic E-state index is 12.7. The maximum atomic E-state index is 12.7. The van der Waals surface area contributed by atoms with Gasteiger partial charge in [-0.3, -0.25) is 0 Å². The van der Waals surface area contributed by atoms with E-state index in [0.717, 1.165) is 10.9 Å². The molecule has 12 heavy (non-hydrogen) atoms. The Kier molecular flexibility index (Phi) is 1.83. The topological polar surface area (TPSA) is 48.9 Å². The Hall–Kier alpha value is -1.46. The van der Waals surface area contributed by atoms with Crippen molar-refractivity contribution in [1.29, 1.82) is 0 Å². The first kappa shape index (κ1) is 8.63. The lowest BCUT2D eigenvalue weighted by Crippen LogP contribution is -2.53. The highest BCUT2D eigenvalue weighted by Crippen LogP contribution is 2.16. The molecule has 1 rings (SSSR count). The summed E-state index contributed by atoms with van der Waals surface area (Å²) in [4.78, 5) is 9.98. The van der Waals surface area contributed by atoms with E-state index in [9.17, 15) is 18.7 Å². The van der Waals surface area contributed by atoms with Crippen LogP contribution in [0.1, 0.15) is 0 Å². The first-order valence-corrected chi connectivity index (χ1v) is 3.09. The molecule has 4 nitrogen and oxygen atoms in total. The number of carboxylic acids is 1. The summed E-state index contributed by atoms with van der Waals surface area (Å²) in [6.07, 6.45) is 2.26. The van der Waals surface area contributed by atoms with Gasteiger partial charge < -0.3 is 9.90 Å². The number of carbonyl (C=O) groups is 1. The fourth-order valence-corrected chi connectivity index (χ4v) is 0.807. The summed E-state index contributed by atoms with van der Waals surface area (Å²) in [6.45, 7) is 0. The van der Waals surface area contributed by atoms with Gasteiger partial charge in [0.25, 0.3) is 0 Å². The SMILES string of the molecule is C[n+]1cccn1C(F)(F)C(=O)[O-].